The first-order chi connectivity index (χ1) is 13.6. The second-order valence-electron chi connectivity index (χ2n) is 5.76. The summed E-state index contributed by atoms with van der Waals surface area (Å²) in [5, 5.41) is 16.3. The average Bonchev–Trinajstić information content (AvgIpc) is 3.16. The molecule has 9 heteroatoms. The van der Waals surface area contributed by atoms with Crippen LogP contribution in [0, 0.1) is 11.5 Å². The fraction of sp³-hybridized carbons (Fsp3) is 0.105. The molecule has 142 valence electrons. The predicted molar refractivity (Wildman–Crippen MR) is 113 cm³/mol. The third-order valence-corrected chi connectivity index (χ3v) is 4.74. The van der Waals surface area contributed by atoms with Crippen molar-refractivity contribution in [3.8, 4) is 6.19 Å². The summed E-state index contributed by atoms with van der Waals surface area (Å²) in [5.74, 6) is 0.242. The number of rotatable bonds is 5. The molecule has 2 aromatic carbocycles. The van der Waals surface area contributed by atoms with Gasteiger partial charge in [-0.2, -0.15) is 5.26 Å². The van der Waals surface area contributed by atoms with Crippen LogP contribution in [0.2, 0.25) is 15.1 Å². The first-order valence-corrected chi connectivity index (χ1v) is 9.35. The minimum atomic E-state index is -0.412. The highest BCUT2D eigenvalue weighted by molar-refractivity contribution is 6.35. The quantitative estimate of drug-likeness (QED) is 0.253. The molecule has 0 saturated heterocycles. The van der Waals surface area contributed by atoms with Crippen molar-refractivity contribution >= 4 is 46.4 Å². The van der Waals surface area contributed by atoms with E-state index in [0.717, 1.165) is 5.56 Å². The molecule has 1 unspecified atom stereocenters. The van der Waals surface area contributed by atoms with Crippen LogP contribution in [0.1, 0.15) is 11.6 Å². The molecule has 0 aliphatic heterocycles. The number of imidazole rings is 1. The molecular formula is C19H15Cl3N6. The smallest absolute Gasteiger partial charge is 0.209 e. The van der Waals surface area contributed by atoms with E-state index in [-0.39, 0.29) is 5.96 Å². The van der Waals surface area contributed by atoms with E-state index in [9.17, 15) is 0 Å². The van der Waals surface area contributed by atoms with Crippen molar-refractivity contribution in [3.05, 3.63) is 81.8 Å². The maximum absolute atomic E-state index is 9.14. The van der Waals surface area contributed by atoms with E-state index in [1.165, 1.54) is 0 Å². The van der Waals surface area contributed by atoms with Crippen LogP contribution in [0.3, 0.4) is 0 Å². The van der Waals surface area contributed by atoms with Gasteiger partial charge in [-0.1, -0.05) is 53.0 Å². The molecule has 1 atom stereocenters. The maximum atomic E-state index is 9.14. The largest absolute Gasteiger partial charge is 0.335 e. The number of nitriles is 1. The fourth-order valence-electron chi connectivity index (χ4n) is 2.57. The van der Waals surface area contributed by atoms with E-state index in [0.29, 0.717) is 27.3 Å². The molecule has 1 aromatic heterocycles. The van der Waals surface area contributed by atoms with E-state index < -0.39 is 6.04 Å². The minimum absolute atomic E-state index is 0.242. The van der Waals surface area contributed by atoms with Crippen molar-refractivity contribution < 1.29 is 0 Å². The molecule has 0 radical (unpaired) electrons. The molecule has 3 rings (SSSR count). The van der Waals surface area contributed by atoms with Gasteiger partial charge in [0.25, 0.3) is 0 Å². The molecule has 28 heavy (non-hydrogen) atoms. The molecule has 0 aliphatic carbocycles. The standard InChI is InChI=1S/C19H15Cl3N6/c20-13-5-6-14(16(22)9-13)18(10-28-8-7-24-12-28)27-19(25-11-23)26-17-4-2-1-3-15(17)21/h1-9,12,18H,10H2,(H2,25,26,27). The Morgan fingerprint density at radius 3 is 2.68 bits per heavy atom. The lowest BCUT2D eigenvalue weighted by atomic mass is 10.1. The van der Waals surface area contributed by atoms with Gasteiger partial charge >= 0.3 is 0 Å². The minimum Gasteiger partial charge on any atom is -0.335 e. The van der Waals surface area contributed by atoms with Gasteiger partial charge in [-0.25, -0.2) is 9.98 Å². The third-order valence-electron chi connectivity index (χ3n) is 3.85. The summed E-state index contributed by atoms with van der Waals surface area (Å²) < 4.78 is 1.87. The molecule has 0 bridgehead atoms. The van der Waals surface area contributed by atoms with Crippen LogP contribution in [0.4, 0.5) is 5.69 Å². The average molecular weight is 434 g/mol. The number of nitrogens with one attached hydrogen (secondary N) is 2. The number of aromatic nitrogens is 2. The number of para-hydroxylation sites is 1. The van der Waals surface area contributed by atoms with Crippen molar-refractivity contribution in [2.45, 2.75) is 12.6 Å². The summed E-state index contributed by atoms with van der Waals surface area (Å²) in [6, 6.07) is 12.0. The second-order valence-corrected chi connectivity index (χ2v) is 7.01. The van der Waals surface area contributed by atoms with Gasteiger partial charge in [0.2, 0.25) is 5.96 Å². The molecular weight excluding hydrogens is 419 g/mol. The van der Waals surface area contributed by atoms with Gasteiger partial charge in [0, 0.05) is 22.4 Å². The van der Waals surface area contributed by atoms with Gasteiger partial charge in [-0.15, -0.1) is 0 Å². The molecule has 3 aromatic rings. The number of halogens is 3. The van der Waals surface area contributed by atoms with Crippen LogP contribution in [-0.2, 0) is 6.54 Å². The zero-order valence-electron chi connectivity index (χ0n) is 14.5. The van der Waals surface area contributed by atoms with E-state index in [2.05, 4.69) is 20.6 Å². The highest BCUT2D eigenvalue weighted by Crippen LogP contribution is 2.30. The lowest BCUT2D eigenvalue weighted by Gasteiger charge is -2.18. The van der Waals surface area contributed by atoms with Crippen molar-refractivity contribution in [1.29, 1.82) is 5.26 Å². The first kappa shape index (κ1) is 20.0. The molecule has 0 aliphatic rings. The number of guanidine groups is 1. The van der Waals surface area contributed by atoms with E-state index in [1.807, 2.05) is 35.2 Å². The Kier molecular flexibility index (Phi) is 6.77. The van der Waals surface area contributed by atoms with Gasteiger partial charge < -0.3 is 9.88 Å². The summed E-state index contributed by atoms with van der Waals surface area (Å²) in [4.78, 5) is 8.73. The van der Waals surface area contributed by atoms with E-state index in [4.69, 9.17) is 40.1 Å². The van der Waals surface area contributed by atoms with E-state index >= 15 is 0 Å². The van der Waals surface area contributed by atoms with Gasteiger partial charge in [0.05, 0.1) is 29.6 Å². The number of hydrogen-bond acceptors (Lipinski definition) is 3. The van der Waals surface area contributed by atoms with Crippen molar-refractivity contribution in [2.24, 2.45) is 4.99 Å². The molecule has 6 nitrogen and oxygen atoms in total. The molecule has 0 amide bonds. The normalized spacial score (nSPS) is 12.3. The van der Waals surface area contributed by atoms with Crippen LogP contribution in [0.5, 0.6) is 0 Å². The van der Waals surface area contributed by atoms with Gasteiger partial charge in [0.1, 0.15) is 0 Å². The zero-order chi connectivity index (χ0) is 19.9. The van der Waals surface area contributed by atoms with Crippen LogP contribution in [-0.4, -0.2) is 15.5 Å². The van der Waals surface area contributed by atoms with Gasteiger partial charge in [0.15, 0.2) is 6.19 Å². The summed E-state index contributed by atoms with van der Waals surface area (Å²) in [6.45, 7) is 0.460. The molecule has 1 heterocycles. The maximum Gasteiger partial charge on any atom is 0.209 e. The highest BCUT2D eigenvalue weighted by Gasteiger charge is 2.17. The Morgan fingerprint density at radius 1 is 1.18 bits per heavy atom. The lowest BCUT2D eigenvalue weighted by molar-refractivity contribution is 0.577. The Morgan fingerprint density at radius 2 is 2.00 bits per heavy atom. The van der Waals surface area contributed by atoms with Crippen LogP contribution >= 0.6 is 34.8 Å². The summed E-state index contributed by atoms with van der Waals surface area (Å²) in [5.41, 5.74) is 1.38. The SMILES string of the molecule is N#CNC(=NC(Cn1ccnc1)c1ccc(Cl)cc1Cl)Nc1ccccc1Cl. The number of nitrogens with zero attached hydrogens (tertiary/aromatic N) is 4. The van der Waals surface area contributed by atoms with Gasteiger partial charge in [-0.3, -0.25) is 5.32 Å². The topological polar surface area (TPSA) is 78.0 Å². The lowest BCUT2D eigenvalue weighted by Crippen LogP contribution is -2.28. The van der Waals surface area contributed by atoms with Crippen molar-refractivity contribution in [1.82, 2.24) is 14.9 Å². The van der Waals surface area contributed by atoms with E-state index in [1.54, 1.807) is 36.8 Å². The third kappa shape index (κ3) is 5.17. The predicted octanol–water partition coefficient (Wildman–Crippen LogP) is 5.12. The van der Waals surface area contributed by atoms with Crippen LogP contribution in [0.15, 0.2) is 66.2 Å². The fourth-order valence-corrected chi connectivity index (χ4v) is 3.29. The molecule has 0 spiro atoms. The number of hydrogen-bond donors (Lipinski definition) is 2. The Balaban J connectivity index is 1.98. The Bertz CT molecular complexity index is 1010. The summed E-state index contributed by atoms with van der Waals surface area (Å²) >= 11 is 18.6. The zero-order valence-corrected chi connectivity index (χ0v) is 16.7. The second kappa shape index (κ2) is 9.47. The van der Waals surface area contributed by atoms with Crippen molar-refractivity contribution in [3.63, 3.8) is 0 Å². The molecule has 0 saturated carbocycles. The molecule has 0 fully saturated rings. The van der Waals surface area contributed by atoms with Crippen LogP contribution in [0.25, 0.3) is 0 Å². The number of anilines is 1. The highest BCUT2D eigenvalue weighted by atomic mass is 35.5. The number of benzene rings is 2. The summed E-state index contributed by atoms with van der Waals surface area (Å²) in [7, 11) is 0. The number of aliphatic imine (C=N–C) groups is 1. The monoisotopic (exact) mass is 432 g/mol. The Labute approximate surface area is 177 Å². The van der Waals surface area contributed by atoms with Gasteiger partial charge in [-0.05, 0) is 29.8 Å². The first-order valence-electron chi connectivity index (χ1n) is 8.22. The Hall–Kier alpha value is -2.72. The van der Waals surface area contributed by atoms with Crippen molar-refractivity contribution in [2.75, 3.05) is 5.32 Å². The summed E-state index contributed by atoms with van der Waals surface area (Å²) in [6.07, 6.45) is 7.08. The van der Waals surface area contributed by atoms with Crippen LogP contribution < -0.4 is 10.6 Å². The molecule has 2 N–H and O–H groups in total.